The van der Waals surface area contributed by atoms with Gasteiger partial charge < -0.3 is 15.2 Å². The third-order valence-corrected chi connectivity index (χ3v) is 6.27. The van der Waals surface area contributed by atoms with Crippen LogP contribution < -0.4 is 10.6 Å². The number of hydrogen-bond donors (Lipinski definition) is 2. The molecule has 0 spiro atoms. The summed E-state index contributed by atoms with van der Waals surface area (Å²) < 4.78 is 15.7. The Morgan fingerprint density at radius 2 is 1.83 bits per heavy atom. The third kappa shape index (κ3) is 5.58. The molecule has 0 fully saturated rings. The lowest BCUT2D eigenvalue weighted by Crippen LogP contribution is -2.29. The smallest absolute Gasteiger partial charge is 0.254 e. The molecule has 9 heteroatoms. The van der Waals surface area contributed by atoms with Crippen LogP contribution in [0.15, 0.2) is 84.5 Å². The predicted octanol–water partition coefficient (Wildman–Crippen LogP) is 4.98. The van der Waals surface area contributed by atoms with E-state index in [4.69, 9.17) is 0 Å². The molecular weight excluding hydrogens is 465 g/mol. The Hall–Kier alpha value is -3.98. The first kappa shape index (κ1) is 24.2. The van der Waals surface area contributed by atoms with E-state index >= 15 is 0 Å². The maximum atomic E-state index is 14.0. The van der Waals surface area contributed by atoms with Crippen molar-refractivity contribution >= 4 is 40.0 Å². The lowest BCUT2D eigenvalue weighted by atomic mass is 10.1. The number of thioether (sulfide) groups is 1. The summed E-state index contributed by atoms with van der Waals surface area (Å²) in [6.45, 7) is 5.90. The maximum absolute atomic E-state index is 14.0. The van der Waals surface area contributed by atoms with Crippen LogP contribution in [0.3, 0.4) is 0 Å². The summed E-state index contributed by atoms with van der Waals surface area (Å²) in [6.07, 6.45) is 1.68. The second-order valence-corrected chi connectivity index (χ2v) is 8.72. The number of halogens is 1. The molecule has 3 aromatic carbocycles. The second kappa shape index (κ2) is 11.0. The van der Waals surface area contributed by atoms with E-state index in [2.05, 4.69) is 27.4 Å². The molecule has 0 bridgehead atoms. The minimum Gasteiger partial charge on any atom is -0.342 e. The van der Waals surface area contributed by atoms with Crippen LogP contribution in [-0.2, 0) is 11.3 Å². The van der Waals surface area contributed by atoms with Crippen LogP contribution in [-0.4, -0.2) is 32.3 Å². The molecule has 4 aromatic rings. The zero-order valence-corrected chi connectivity index (χ0v) is 19.9. The minimum absolute atomic E-state index is 0.0474. The fraction of sp³-hybridized carbons (Fsp3) is 0.154. The van der Waals surface area contributed by atoms with Crippen LogP contribution in [0, 0.1) is 5.82 Å². The average molecular weight is 490 g/mol. The van der Waals surface area contributed by atoms with Crippen molar-refractivity contribution in [3.05, 3.63) is 96.6 Å². The number of anilines is 1. The number of carbonyl (C=O) groups excluding carboxylic acids is 2. The standard InChI is InChI=1S/C26H24FN5O2S/c1-3-15-32-24(17(2)28-25(34)20-12-6-7-13-21(20)27)30-31-26(32)35-16-23(33)29-22-14-8-10-18-9-4-5-11-19(18)22/h3-14,17H,1,15-16H2,2H3,(H,28,34)(H,29,33). The molecule has 7 nitrogen and oxygen atoms in total. The number of fused-ring (bicyclic) bond motifs is 1. The zero-order valence-electron chi connectivity index (χ0n) is 19.1. The van der Waals surface area contributed by atoms with E-state index in [1.165, 1.54) is 30.0 Å². The van der Waals surface area contributed by atoms with Crippen LogP contribution in [0.2, 0.25) is 0 Å². The van der Waals surface area contributed by atoms with Gasteiger partial charge in [-0.05, 0) is 30.5 Å². The molecule has 0 radical (unpaired) electrons. The van der Waals surface area contributed by atoms with Gasteiger partial charge in [0.2, 0.25) is 5.91 Å². The van der Waals surface area contributed by atoms with E-state index in [0.29, 0.717) is 17.5 Å². The van der Waals surface area contributed by atoms with Crippen molar-refractivity contribution in [1.29, 1.82) is 0 Å². The molecule has 1 atom stereocenters. The quantitative estimate of drug-likeness (QED) is 0.256. The topological polar surface area (TPSA) is 88.9 Å². The van der Waals surface area contributed by atoms with Crippen LogP contribution in [0.25, 0.3) is 10.8 Å². The van der Waals surface area contributed by atoms with Crippen LogP contribution in [0.1, 0.15) is 29.1 Å². The predicted molar refractivity (Wildman–Crippen MR) is 136 cm³/mol. The molecule has 0 aliphatic heterocycles. The van der Waals surface area contributed by atoms with Gasteiger partial charge in [-0.1, -0.05) is 66.4 Å². The van der Waals surface area contributed by atoms with Crippen LogP contribution in [0.4, 0.5) is 10.1 Å². The molecule has 35 heavy (non-hydrogen) atoms. The summed E-state index contributed by atoms with van der Waals surface area (Å²) in [6, 6.07) is 18.8. The SMILES string of the molecule is C=CCn1c(SCC(=O)Nc2cccc3ccccc23)nnc1C(C)NC(=O)c1ccccc1F. The van der Waals surface area contributed by atoms with Crippen LogP contribution >= 0.6 is 11.8 Å². The summed E-state index contributed by atoms with van der Waals surface area (Å²) in [5.74, 6) is -0.729. The van der Waals surface area contributed by atoms with Crippen molar-refractivity contribution in [3.8, 4) is 0 Å². The van der Waals surface area contributed by atoms with Gasteiger partial charge in [0, 0.05) is 17.6 Å². The number of amides is 2. The molecule has 4 rings (SSSR count). The summed E-state index contributed by atoms with van der Waals surface area (Å²) >= 11 is 1.23. The number of aromatic nitrogens is 3. The molecule has 1 heterocycles. The number of rotatable bonds is 9. The summed E-state index contributed by atoms with van der Waals surface area (Å²) in [4.78, 5) is 25.2. The fourth-order valence-corrected chi connectivity index (χ4v) is 4.42. The molecule has 178 valence electrons. The van der Waals surface area contributed by atoms with Gasteiger partial charge in [0.15, 0.2) is 11.0 Å². The Morgan fingerprint density at radius 1 is 1.09 bits per heavy atom. The fourth-order valence-electron chi connectivity index (χ4n) is 3.66. The summed E-state index contributed by atoms with van der Waals surface area (Å²) in [5, 5.41) is 16.6. The number of nitrogens with one attached hydrogen (secondary N) is 2. The van der Waals surface area contributed by atoms with Gasteiger partial charge in [-0.3, -0.25) is 9.59 Å². The van der Waals surface area contributed by atoms with Crippen molar-refractivity contribution < 1.29 is 14.0 Å². The summed E-state index contributed by atoms with van der Waals surface area (Å²) in [5.41, 5.74) is 0.695. The second-order valence-electron chi connectivity index (χ2n) is 7.78. The number of benzene rings is 3. The van der Waals surface area contributed by atoms with E-state index in [-0.39, 0.29) is 17.2 Å². The summed E-state index contributed by atoms with van der Waals surface area (Å²) in [7, 11) is 0. The molecule has 0 saturated heterocycles. The highest BCUT2D eigenvalue weighted by atomic mass is 32.2. The number of allylic oxidation sites excluding steroid dienone is 1. The average Bonchev–Trinajstić information content (AvgIpc) is 3.26. The highest BCUT2D eigenvalue weighted by Crippen LogP contribution is 2.25. The highest BCUT2D eigenvalue weighted by molar-refractivity contribution is 7.99. The first-order chi connectivity index (χ1) is 17.0. The Morgan fingerprint density at radius 3 is 2.63 bits per heavy atom. The van der Waals surface area contributed by atoms with Gasteiger partial charge in [-0.2, -0.15) is 0 Å². The molecule has 0 aliphatic carbocycles. The Kier molecular flexibility index (Phi) is 7.57. The highest BCUT2D eigenvalue weighted by Gasteiger charge is 2.21. The molecule has 2 N–H and O–H groups in total. The van der Waals surface area contributed by atoms with E-state index in [0.717, 1.165) is 16.5 Å². The van der Waals surface area contributed by atoms with Crippen molar-refractivity contribution in [2.45, 2.75) is 24.7 Å². The Labute approximate surface area is 206 Å². The number of carbonyl (C=O) groups is 2. The van der Waals surface area contributed by atoms with Crippen molar-refractivity contribution in [2.24, 2.45) is 0 Å². The van der Waals surface area contributed by atoms with Crippen molar-refractivity contribution in [3.63, 3.8) is 0 Å². The minimum atomic E-state index is -0.599. The largest absolute Gasteiger partial charge is 0.342 e. The van der Waals surface area contributed by atoms with Crippen molar-refractivity contribution in [2.75, 3.05) is 11.1 Å². The molecular formula is C26H24FN5O2S. The maximum Gasteiger partial charge on any atom is 0.254 e. The molecule has 0 saturated carbocycles. The molecule has 0 aliphatic rings. The van der Waals surface area contributed by atoms with Gasteiger partial charge in [-0.25, -0.2) is 4.39 Å². The van der Waals surface area contributed by atoms with E-state index in [1.54, 1.807) is 23.6 Å². The molecule has 1 aromatic heterocycles. The number of nitrogens with zero attached hydrogens (tertiary/aromatic N) is 3. The zero-order chi connectivity index (χ0) is 24.8. The van der Waals surface area contributed by atoms with Gasteiger partial charge in [0.05, 0.1) is 17.4 Å². The molecule has 1 unspecified atom stereocenters. The first-order valence-electron chi connectivity index (χ1n) is 11.0. The Balaban J connectivity index is 1.44. The van der Waals surface area contributed by atoms with Gasteiger partial charge in [0.25, 0.3) is 5.91 Å². The van der Waals surface area contributed by atoms with Gasteiger partial charge >= 0.3 is 0 Å². The van der Waals surface area contributed by atoms with E-state index in [1.807, 2.05) is 42.5 Å². The molecule has 2 amide bonds. The lowest BCUT2D eigenvalue weighted by Gasteiger charge is -2.15. The monoisotopic (exact) mass is 489 g/mol. The lowest BCUT2D eigenvalue weighted by molar-refractivity contribution is -0.113. The first-order valence-corrected chi connectivity index (χ1v) is 12.0. The third-order valence-electron chi connectivity index (χ3n) is 5.31. The van der Waals surface area contributed by atoms with Gasteiger partial charge in [0.1, 0.15) is 5.82 Å². The van der Waals surface area contributed by atoms with Crippen molar-refractivity contribution in [1.82, 2.24) is 20.1 Å². The number of hydrogen-bond acceptors (Lipinski definition) is 5. The Bertz CT molecular complexity index is 1380. The van der Waals surface area contributed by atoms with Gasteiger partial charge in [-0.15, -0.1) is 16.8 Å². The van der Waals surface area contributed by atoms with E-state index in [9.17, 15) is 14.0 Å². The van der Waals surface area contributed by atoms with E-state index < -0.39 is 17.8 Å². The normalized spacial score (nSPS) is 11.7. The van der Waals surface area contributed by atoms with Crippen LogP contribution in [0.5, 0.6) is 0 Å².